The van der Waals surface area contributed by atoms with Crippen LogP contribution in [0.25, 0.3) is 0 Å². The molecule has 0 aliphatic carbocycles. The fraction of sp³-hybridized carbons (Fsp3) is 0.333. The zero-order valence-corrected chi connectivity index (χ0v) is 14.9. The van der Waals surface area contributed by atoms with Crippen LogP contribution in [0.4, 0.5) is 5.69 Å². The maximum absolute atomic E-state index is 12.4. The molecule has 1 aromatic carbocycles. The van der Waals surface area contributed by atoms with E-state index in [1.807, 2.05) is 12.1 Å². The number of hydrogen-bond donors (Lipinski definition) is 1. The van der Waals surface area contributed by atoms with Crippen LogP contribution in [0.15, 0.2) is 35.3 Å². The molecule has 3 rings (SSSR count). The first kappa shape index (κ1) is 17.3. The summed E-state index contributed by atoms with van der Waals surface area (Å²) in [6.07, 6.45) is 1.83. The normalized spacial score (nSPS) is 19.3. The van der Waals surface area contributed by atoms with E-state index in [2.05, 4.69) is 10.4 Å². The Labute approximate surface area is 149 Å². The highest BCUT2D eigenvalue weighted by Gasteiger charge is 2.31. The van der Waals surface area contributed by atoms with E-state index in [0.29, 0.717) is 23.7 Å². The Bertz CT molecular complexity index is 911. The second-order valence-corrected chi connectivity index (χ2v) is 8.70. The molecule has 9 heteroatoms. The van der Waals surface area contributed by atoms with Gasteiger partial charge in [-0.15, -0.1) is 0 Å². The standard InChI is InChI=1S/C15H15Cl2N3O3S/c16-11-3-1-10(2-4-11)7-18-13-8-19-20(15(21)14(13)17)12-5-6-24(22,23)9-12/h1-4,8,12,18H,5-7,9H2/t12-/m1/s1. The van der Waals surface area contributed by atoms with Gasteiger partial charge in [-0.3, -0.25) is 4.79 Å². The monoisotopic (exact) mass is 387 g/mol. The minimum atomic E-state index is -3.10. The van der Waals surface area contributed by atoms with Crippen molar-refractivity contribution in [1.29, 1.82) is 0 Å². The number of nitrogens with one attached hydrogen (secondary N) is 1. The van der Waals surface area contributed by atoms with Crippen LogP contribution in [0.1, 0.15) is 18.0 Å². The number of nitrogens with zero attached hydrogens (tertiary/aromatic N) is 2. The quantitative estimate of drug-likeness (QED) is 0.871. The van der Waals surface area contributed by atoms with Crippen LogP contribution < -0.4 is 10.9 Å². The van der Waals surface area contributed by atoms with E-state index in [1.54, 1.807) is 12.1 Å². The zero-order valence-electron chi connectivity index (χ0n) is 12.6. The van der Waals surface area contributed by atoms with Gasteiger partial charge in [0, 0.05) is 11.6 Å². The summed E-state index contributed by atoms with van der Waals surface area (Å²) in [6.45, 7) is 0.458. The van der Waals surface area contributed by atoms with Crippen LogP contribution in [0, 0.1) is 0 Å². The predicted octanol–water partition coefficient (Wildman–Crippen LogP) is 2.52. The van der Waals surface area contributed by atoms with Gasteiger partial charge in [-0.05, 0) is 24.1 Å². The molecular weight excluding hydrogens is 373 g/mol. The topological polar surface area (TPSA) is 81.1 Å². The minimum Gasteiger partial charge on any atom is -0.378 e. The van der Waals surface area contributed by atoms with Gasteiger partial charge in [-0.2, -0.15) is 5.10 Å². The number of anilines is 1. The molecule has 0 saturated carbocycles. The van der Waals surface area contributed by atoms with Crippen molar-refractivity contribution in [3.05, 3.63) is 56.4 Å². The van der Waals surface area contributed by atoms with Gasteiger partial charge in [0.05, 0.1) is 29.4 Å². The second kappa shape index (κ2) is 6.74. The number of aromatic nitrogens is 2. The van der Waals surface area contributed by atoms with E-state index in [4.69, 9.17) is 23.2 Å². The second-order valence-electron chi connectivity index (χ2n) is 5.66. The van der Waals surface area contributed by atoms with Gasteiger partial charge in [-0.1, -0.05) is 35.3 Å². The van der Waals surface area contributed by atoms with E-state index >= 15 is 0 Å². The molecule has 1 saturated heterocycles. The number of benzene rings is 1. The highest BCUT2D eigenvalue weighted by Crippen LogP contribution is 2.24. The Hall–Kier alpha value is -1.57. The Kier molecular flexibility index (Phi) is 4.85. The predicted molar refractivity (Wildman–Crippen MR) is 94.6 cm³/mol. The van der Waals surface area contributed by atoms with Crippen molar-refractivity contribution in [2.24, 2.45) is 0 Å². The van der Waals surface area contributed by atoms with E-state index in [0.717, 1.165) is 5.56 Å². The summed E-state index contributed by atoms with van der Waals surface area (Å²) in [7, 11) is -3.10. The van der Waals surface area contributed by atoms with Crippen molar-refractivity contribution in [3.63, 3.8) is 0 Å². The van der Waals surface area contributed by atoms with Gasteiger partial charge in [0.25, 0.3) is 5.56 Å². The van der Waals surface area contributed by atoms with Gasteiger partial charge in [-0.25, -0.2) is 13.1 Å². The fourth-order valence-electron chi connectivity index (χ4n) is 2.60. The van der Waals surface area contributed by atoms with Crippen molar-refractivity contribution in [1.82, 2.24) is 9.78 Å². The van der Waals surface area contributed by atoms with Crippen LogP contribution in [0.5, 0.6) is 0 Å². The Morgan fingerprint density at radius 1 is 1.25 bits per heavy atom. The highest BCUT2D eigenvalue weighted by molar-refractivity contribution is 7.91. The zero-order chi connectivity index (χ0) is 17.3. The van der Waals surface area contributed by atoms with E-state index in [-0.39, 0.29) is 16.5 Å². The average Bonchev–Trinajstić information content (AvgIpc) is 2.90. The number of sulfone groups is 1. The lowest BCUT2D eigenvalue weighted by Crippen LogP contribution is -2.29. The molecule has 128 valence electrons. The fourth-order valence-corrected chi connectivity index (χ4v) is 4.62. The van der Waals surface area contributed by atoms with Crippen LogP contribution in [0.3, 0.4) is 0 Å². The molecule has 1 aliphatic rings. The molecule has 0 spiro atoms. The molecule has 0 bridgehead atoms. The number of rotatable bonds is 4. The third-order valence-corrected chi connectivity index (χ3v) is 6.26. The third kappa shape index (κ3) is 3.74. The first-order valence-corrected chi connectivity index (χ1v) is 9.89. The molecule has 6 nitrogen and oxygen atoms in total. The molecule has 2 aromatic rings. The maximum Gasteiger partial charge on any atom is 0.287 e. The summed E-state index contributed by atoms with van der Waals surface area (Å²) in [6, 6.07) is 6.82. The Morgan fingerprint density at radius 3 is 2.58 bits per heavy atom. The van der Waals surface area contributed by atoms with Gasteiger partial charge in [0.1, 0.15) is 5.02 Å². The molecule has 1 aliphatic heterocycles. The van der Waals surface area contributed by atoms with Gasteiger partial charge in [0.2, 0.25) is 0 Å². The van der Waals surface area contributed by atoms with Gasteiger partial charge < -0.3 is 5.32 Å². The summed E-state index contributed by atoms with van der Waals surface area (Å²) in [5.74, 6) is -0.00619. The molecule has 1 atom stereocenters. The van der Waals surface area contributed by atoms with Crippen LogP contribution >= 0.6 is 23.2 Å². The first-order valence-electron chi connectivity index (χ1n) is 7.32. The van der Waals surface area contributed by atoms with Crippen molar-refractivity contribution in [3.8, 4) is 0 Å². The lowest BCUT2D eigenvalue weighted by Gasteiger charge is -2.13. The minimum absolute atomic E-state index is 0.00302. The molecule has 2 heterocycles. The van der Waals surface area contributed by atoms with E-state index < -0.39 is 21.4 Å². The number of halogens is 2. The summed E-state index contributed by atoms with van der Waals surface area (Å²) < 4.78 is 24.3. The lowest BCUT2D eigenvalue weighted by atomic mass is 10.2. The summed E-state index contributed by atoms with van der Waals surface area (Å²) in [5.41, 5.74) is 0.898. The molecule has 24 heavy (non-hydrogen) atoms. The van der Waals surface area contributed by atoms with Crippen molar-refractivity contribution >= 4 is 38.7 Å². The van der Waals surface area contributed by atoms with Crippen LogP contribution in [0.2, 0.25) is 10.0 Å². The summed E-state index contributed by atoms with van der Waals surface area (Å²) >= 11 is 12.0. The summed E-state index contributed by atoms with van der Waals surface area (Å²) in [5, 5.41) is 7.79. The third-order valence-electron chi connectivity index (χ3n) is 3.89. The molecule has 0 unspecified atom stereocenters. The summed E-state index contributed by atoms with van der Waals surface area (Å²) in [4.78, 5) is 12.4. The Balaban J connectivity index is 1.78. The Morgan fingerprint density at radius 2 is 1.96 bits per heavy atom. The molecule has 1 aromatic heterocycles. The molecule has 1 N–H and O–H groups in total. The SMILES string of the molecule is O=c1c(Cl)c(NCc2ccc(Cl)cc2)cnn1[C@@H]1CCS(=O)(=O)C1. The largest absolute Gasteiger partial charge is 0.378 e. The number of hydrogen-bond acceptors (Lipinski definition) is 5. The van der Waals surface area contributed by atoms with Gasteiger partial charge in [0.15, 0.2) is 9.84 Å². The smallest absolute Gasteiger partial charge is 0.287 e. The lowest BCUT2D eigenvalue weighted by molar-refractivity contribution is 0.474. The van der Waals surface area contributed by atoms with E-state index in [9.17, 15) is 13.2 Å². The highest BCUT2D eigenvalue weighted by atomic mass is 35.5. The molecular formula is C15H15Cl2N3O3S. The van der Waals surface area contributed by atoms with Crippen molar-refractivity contribution in [2.45, 2.75) is 19.0 Å². The first-order chi connectivity index (χ1) is 11.4. The molecule has 1 fully saturated rings. The maximum atomic E-state index is 12.4. The van der Waals surface area contributed by atoms with Crippen molar-refractivity contribution < 1.29 is 8.42 Å². The molecule has 0 radical (unpaired) electrons. The van der Waals surface area contributed by atoms with E-state index in [1.165, 1.54) is 10.9 Å². The van der Waals surface area contributed by atoms with Crippen molar-refractivity contribution in [2.75, 3.05) is 16.8 Å². The van der Waals surface area contributed by atoms with Crippen LogP contribution in [-0.4, -0.2) is 29.7 Å². The van der Waals surface area contributed by atoms with Gasteiger partial charge >= 0.3 is 0 Å². The molecule has 0 amide bonds. The average molecular weight is 388 g/mol. The van der Waals surface area contributed by atoms with Crippen LogP contribution in [-0.2, 0) is 16.4 Å².